The minimum absolute atomic E-state index is 0.0241. The van der Waals surface area contributed by atoms with Crippen LogP contribution in [0.15, 0.2) is 24.5 Å². The van der Waals surface area contributed by atoms with Crippen LogP contribution in [0.2, 0.25) is 0 Å². The summed E-state index contributed by atoms with van der Waals surface area (Å²) >= 11 is 0. The number of carbonyl (C=O) groups is 1. The van der Waals surface area contributed by atoms with Crippen molar-refractivity contribution in [1.29, 1.82) is 0 Å². The smallest absolute Gasteiger partial charge is 0.303 e. The summed E-state index contributed by atoms with van der Waals surface area (Å²) in [5.74, 6) is -0.149. The van der Waals surface area contributed by atoms with Gasteiger partial charge in [-0.25, -0.2) is 0 Å². The monoisotopic (exact) mass is 359 g/mol. The number of hydrogen-bond acceptors (Lipinski definition) is 5. The molecule has 144 valence electrons. The van der Waals surface area contributed by atoms with Crippen molar-refractivity contribution in [2.45, 2.75) is 65.0 Å². The van der Waals surface area contributed by atoms with E-state index in [1.807, 2.05) is 12.4 Å². The molecule has 0 amide bonds. The van der Waals surface area contributed by atoms with Gasteiger partial charge in [-0.2, -0.15) is 0 Å². The first-order valence-corrected chi connectivity index (χ1v) is 9.89. The molecule has 5 nitrogen and oxygen atoms in total. The van der Waals surface area contributed by atoms with Crippen LogP contribution in [0.25, 0.3) is 0 Å². The summed E-state index contributed by atoms with van der Waals surface area (Å²) in [6.45, 7) is 12.5. The van der Waals surface area contributed by atoms with E-state index >= 15 is 0 Å². The van der Waals surface area contributed by atoms with Crippen LogP contribution in [0.5, 0.6) is 0 Å². The van der Waals surface area contributed by atoms with Gasteiger partial charge >= 0.3 is 5.97 Å². The van der Waals surface area contributed by atoms with Gasteiger partial charge in [0.25, 0.3) is 0 Å². The van der Waals surface area contributed by atoms with E-state index in [9.17, 15) is 4.79 Å². The maximum atomic E-state index is 11.7. The van der Waals surface area contributed by atoms with Crippen molar-refractivity contribution >= 4 is 11.7 Å². The van der Waals surface area contributed by atoms with Crippen LogP contribution in [0, 0.1) is 5.41 Å². The molecular formula is C21H33N3O2. The third kappa shape index (κ3) is 4.03. The molecule has 3 rings (SSSR count). The lowest BCUT2D eigenvalue weighted by atomic mass is 9.67. The van der Waals surface area contributed by atoms with E-state index in [1.165, 1.54) is 12.6 Å². The van der Waals surface area contributed by atoms with Crippen molar-refractivity contribution in [3.05, 3.63) is 24.5 Å². The predicted octanol–water partition coefficient (Wildman–Crippen LogP) is 3.49. The summed E-state index contributed by atoms with van der Waals surface area (Å²) in [6, 6.07) is 4.79. The fraction of sp³-hybridized carbons (Fsp3) is 0.714. The number of nitrogens with zero attached hydrogens (tertiary/aromatic N) is 3. The second kappa shape index (κ2) is 7.55. The Balaban J connectivity index is 1.56. The summed E-state index contributed by atoms with van der Waals surface area (Å²) in [5.41, 5.74) is 0.933. The molecule has 2 aliphatic rings. The van der Waals surface area contributed by atoms with Gasteiger partial charge in [0.1, 0.15) is 5.60 Å². The van der Waals surface area contributed by atoms with Crippen molar-refractivity contribution in [1.82, 2.24) is 9.88 Å². The van der Waals surface area contributed by atoms with Crippen LogP contribution in [0.4, 0.5) is 5.69 Å². The van der Waals surface area contributed by atoms with Crippen molar-refractivity contribution in [2.24, 2.45) is 5.41 Å². The molecule has 2 fully saturated rings. The van der Waals surface area contributed by atoms with E-state index in [1.54, 1.807) is 0 Å². The lowest BCUT2D eigenvalue weighted by Crippen LogP contribution is -2.55. The molecule has 0 unspecified atom stereocenters. The van der Waals surface area contributed by atoms with E-state index in [-0.39, 0.29) is 17.0 Å². The number of esters is 1. The molecule has 0 aromatic carbocycles. The largest absolute Gasteiger partial charge is 0.459 e. The number of aromatic nitrogens is 1. The van der Waals surface area contributed by atoms with Gasteiger partial charge in [-0.05, 0) is 37.8 Å². The highest BCUT2D eigenvalue weighted by Crippen LogP contribution is 2.46. The van der Waals surface area contributed by atoms with Gasteiger partial charge in [-0.1, -0.05) is 20.8 Å². The minimum Gasteiger partial charge on any atom is -0.459 e. The predicted molar refractivity (Wildman–Crippen MR) is 104 cm³/mol. The van der Waals surface area contributed by atoms with Crippen molar-refractivity contribution in [3.63, 3.8) is 0 Å². The molecule has 1 saturated carbocycles. The number of anilines is 1. The standard InChI is InChI=1S/C21H33N3O2/c1-17(25)26-21(20(2,3)4)9-5-18(6-10-21)23-13-15-24(16-14-23)19-7-11-22-12-8-19/h7-8,11-12,18H,5-6,9-10,13-16H2,1-4H3/t18-,21-. The molecule has 2 heterocycles. The van der Waals surface area contributed by atoms with Crippen LogP contribution in [-0.2, 0) is 9.53 Å². The van der Waals surface area contributed by atoms with Crippen LogP contribution in [0.3, 0.4) is 0 Å². The molecule has 0 bridgehead atoms. The Morgan fingerprint density at radius 1 is 1.12 bits per heavy atom. The Kier molecular flexibility index (Phi) is 5.56. The lowest BCUT2D eigenvalue weighted by Gasteiger charge is -2.50. The van der Waals surface area contributed by atoms with Crippen LogP contribution in [-0.4, -0.2) is 53.7 Å². The Hall–Kier alpha value is -1.62. The van der Waals surface area contributed by atoms with Crippen LogP contribution in [0.1, 0.15) is 53.4 Å². The Bertz CT molecular complexity index is 595. The van der Waals surface area contributed by atoms with Gasteiger partial charge < -0.3 is 9.64 Å². The van der Waals surface area contributed by atoms with Crippen LogP contribution >= 0.6 is 0 Å². The second-order valence-electron chi connectivity index (χ2n) is 8.80. The summed E-state index contributed by atoms with van der Waals surface area (Å²) < 4.78 is 5.88. The summed E-state index contributed by atoms with van der Waals surface area (Å²) in [7, 11) is 0. The van der Waals surface area contributed by atoms with Crippen molar-refractivity contribution < 1.29 is 9.53 Å². The number of ether oxygens (including phenoxy) is 1. The topological polar surface area (TPSA) is 45.7 Å². The average Bonchev–Trinajstić information content (AvgIpc) is 2.62. The Labute approximate surface area is 157 Å². The first-order chi connectivity index (χ1) is 12.3. The van der Waals surface area contributed by atoms with Crippen LogP contribution < -0.4 is 4.90 Å². The average molecular weight is 360 g/mol. The Morgan fingerprint density at radius 2 is 1.69 bits per heavy atom. The van der Waals surface area contributed by atoms with E-state index in [4.69, 9.17) is 4.74 Å². The third-order valence-corrected chi connectivity index (χ3v) is 6.33. The highest BCUT2D eigenvalue weighted by Gasteiger charge is 2.48. The van der Waals surface area contributed by atoms with E-state index in [2.05, 4.69) is 47.7 Å². The number of rotatable bonds is 3. The zero-order valence-corrected chi connectivity index (χ0v) is 16.7. The number of hydrogen-bond donors (Lipinski definition) is 0. The normalized spacial score (nSPS) is 28.0. The minimum atomic E-state index is -0.311. The molecule has 1 aromatic rings. The molecule has 1 aromatic heterocycles. The molecule has 1 aliphatic carbocycles. The molecule has 1 saturated heterocycles. The van der Waals surface area contributed by atoms with E-state index in [0.29, 0.717) is 6.04 Å². The summed E-state index contributed by atoms with van der Waals surface area (Å²) in [4.78, 5) is 20.9. The highest BCUT2D eigenvalue weighted by molar-refractivity contribution is 5.66. The van der Waals surface area contributed by atoms with Crippen molar-refractivity contribution in [2.75, 3.05) is 31.1 Å². The molecular weight excluding hydrogens is 326 g/mol. The fourth-order valence-electron chi connectivity index (χ4n) is 4.61. The number of piperazine rings is 1. The molecule has 26 heavy (non-hydrogen) atoms. The van der Waals surface area contributed by atoms with E-state index < -0.39 is 0 Å². The number of carbonyl (C=O) groups excluding carboxylic acids is 1. The van der Waals surface area contributed by atoms with Crippen molar-refractivity contribution in [3.8, 4) is 0 Å². The Morgan fingerprint density at radius 3 is 2.19 bits per heavy atom. The van der Waals surface area contributed by atoms with Gasteiger partial charge in [-0.3, -0.25) is 14.7 Å². The SMILES string of the molecule is CC(=O)O[C@]1(C(C)(C)C)CC[C@@H](N2CCN(c3ccncc3)CC2)CC1. The molecule has 0 radical (unpaired) electrons. The number of pyridine rings is 1. The first kappa shape index (κ1) is 19.2. The maximum absolute atomic E-state index is 11.7. The molecule has 0 N–H and O–H groups in total. The zero-order chi connectivity index (χ0) is 18.8. The molecule has 1 aliphatic heterocycles. The summed E-state index contributed by atoms with van der Waals surface area (Å²) in [6.07, 6.45) is 7.88. The second-order valence-corrected chi connectivity index (χ2v) is 8.80. The fourth-order valence-corrected chi connectivity index (χ4v) is 4.61. The van der Waals surface area contributed by atoms with Gasteiger partial charge in [0.05, 0.1) is 0 Å². The quantitative estimate of drug-likeness (QED) is 0.773. The molecule has 0 spiro atoms. The van der Waals surface area contributed by atoms with Gasteiger partial charge in [0, 0.05) is 62.6 Å². The maximum Gasteiger partial charge on any atom is 0.303 e. The van der Waals surface area contributed by atoms with Gasteiger partial charge in [0.15, 0.2) is 0 Å². The molecule has 0 atom stereocenters. The molecule has 5 heteroatoms. The zero-order valence-electron chi connectivity index (χ0n) is 16.7. The lowest BCUT2D eigenvalue weighted by molar-refractivity contribution is -0.179. The van der Waals surface area contributed by atoms with Gasteiger partial charge in [0.2, 0.25) is 0 Å². The summed E-state index contributed by atoms with van der Waals surface area (Å²) in [5, 5.41) is 0. The van der Waals surface area contributed by atoms with E-state index in [0.717, 1.165) is 51.9 Å². The van der Waals surface area contributed by atoms with Gasteiger partial charge in [-0.15, -0.1) is 0 Å². The highest BCUT2D eigenvalue weighted by atomic mass is 16.6. The third-order valence-electron chi connectivity index (χ3n) is 6.33. The first-order valence-electron chi connectivity index (χ1n) is 9.89.